The third-order valence-corrected chi connectivity index (χ3v) is 2.69. The fourth-order valence-electron chi connectivity index (χ4n) is 1.57. The second-order valence-electron chi connectivity index (χ2n) is 4.20. The van der Waals surface area contributed by atoms with Crippen LogP contribution < -0.4 is 0 Å². The highest BCUT2D eigenvalue weighted by atomic mass is 19.4. The first-order chi connectivity index (χ1) is 8.43. The van der Waals surface area contributed by atoms with Crippen LogP contribution in [0.2, 0.25) is 0 Å². The highest BCUT2D eigenvalue weighted by Gasteiger charge is 2.29. The van der Waals surface area contributed by atoms with Crippen molar-refractivity contribution in [2.24, 2.45) is 0 Å². The molecule has 1 rings (SSSR count). The van der Waals surface area contributed by atoms with E-state index in [1.807, 2.05) is 11.9 Å². The molecule has 1 aromatic rings. The van der Waals surface area contributed by atoms with Crippen LogP contribution in [0.1, 0.15) is 17.5 Å². The third-order valence-electron chi connectivity index (χ3n) is 2.69. The van der Waals surface area contributed by atoms with Crippen LogP contribution in [0.15, 0.2) is 24.3 Å². The molecule has 0 atom stereocenters. The van der Waals surface area contributed by atoms with Crippen LogP contribution in [0.4, 0.5) is 13.2 Å². The second kappa shape index (κ2) is 6.54. The van der Waals surface area contributed by atoms with Gasteiger partial charge in [-0.2, -0.15) is 13.2 Å². The van der Waals surface area contributed by atoms with E-state index in [0.717, 1.165) is 30.5 Å². The summed E-state index contributed by atoms with van der Waals surface area (Å²) in [6.45, 7) is 1.39. The minimum absolute atomic E-state index is 0.476. The maximum Gasteiger partial charge on any atom is 0.416 e. The van der Waals surface area contributed by atoms with E-state index in [0.29, 0.717) is 19.4 Å². The number of hydrogen-bond acceptors (Lipinski definition) is 2. The Morgan fingerprint density at radius 2 is 1.78 bits per heavy atom. The number of benzene rings is 1. The maximum absolute atomic E-state index is 12.3. The molecule has 18 heavy (non-hydrogen) atoms. The van der Waals surface area contributed by atoms with Crippen LogP contribution in [0.25, 0.3) is 0 Å². The van der Waals surface area contributed by atoms with Crippen molar-refractivity contribution in [1.82, 2.24) is 4.90 Å². The molecule has 0 aromatic heterocycles. The predicted octanol–water partition coefficient (Wildman–Crippen LogP) is 2.77. The van der Waals surface area contributed by atoms with Gasteiger partial charge in [0.15, 0.2) is 0 Å². The minimum Gasteiger partial charge on any atom is -0.306 e. The van der Waals surface area contributed by atoms with Gasteiger partial charge in [0.25, 0.3) is 0 Å². The molecule has 0 N–H and O–H groups in total. The first-order valence-electron chi connectivity index (χ1n) is 5.72. The van der Waals surface area contributed by atoms with E-state index in [2.05, 4.69) is 0 Å². The molecule has 0 aliphatic heterocycles. The van der Waals surface area contributed by atoms with Gasteiger partial charge in [-0.05, 0) is 31.2 Å². The van der Waals surface area contributed by atoms with Crippen LogP contribution in [0.3, 0.4) is 0 Å². The summed E-state index contributed by atoms with van der Waals surface area (Å²) in [5.41, 5.74) is 0.238. The summed E-state index contributed by atoms with van der Waals surface area (Å²) in [5.74, 6) is 0. The lowest BCUT2D eigenvalue weighted by molar-refractivity contribution is -0.137. The Balaban J connectivity index is 2.46. The van der Waals surface area contributed by atoms with Gasteiger partial charge in [0.2, 0.25) is 0 Å². The number of nitrogens with zero attached hydrogens (tertiary/aromatic N) is 1. The molecule has 0 radical (unpaired) electrons. The highest BCUT2D eigenvalue weighted by molar-refractivity contribution is 5.49. The van der Waals surface area contributed by atoms with Gasteiger partial charge in [-0.1, -0.05) is 12.1 Å². The van der Waals surface area contributed by atoms with E-state index < -0.39 is 11.7 Å². The van der Waals surface area contributed by atoms with E-state index in [-0.39, 0.29) is 0 Å². The Kier molecular flexibility index (Phi) is 5.34. The minimum atomic E-state index is -4.28. The van der Waals surface area contributed by atoms with Gasteiger partial charge in [-0.15, -0.1) is 0 Å². The van der Waals surface area contributed by atoms with Gasteiger partial charge >= 0.3 is 6.18 Å². The molecule has 100 valence electrons. The van der Waals surface area contributed by atoms with Crippen molar-refractivity contribution >= 4 is 6.29 Å². The highest BCUT2D eigenvalue weighted by Crippen LogP contribution is 2.29. The predicted molar refractivity (Wildman–Crippen MR) is 63.3 cm³/mol. The largest absolute Gasteiger partial charge is 0.416 e. The van der Waals surface area contributed by atoms with Crippen molar-refractivity contribution in [2.45, 2.75) is 19.0 Å². The summed E-state index contributed by atoms with van der Waals surface area (Å²) in [7, 11) is 1.88. The maximum atomic E-state index is 12.3. The molecule has 0 saturated carbocycles. The summed E-state index contributed by atoms with van der Waals surface area (Å²) in [5, 5.41) is 0. The SMILES string of the molecule is CN(CCC=O)CCc1ccc(C(F)(F)F)cc1. The lowest BCUT2D eigenvalue weighted by atomic mass is 10.1. The molecule has 0 heterocycles. The zero-order chi connectivity index (χ0) is 13.6. The number of aldehydes is 1. The molecule has 0 fully saturated rings. The van der Waals surface area contributed by atoms with E-state index in [1.54, 1.807) is 0 Å². The average molecular weight is 259 g/mol. The topological polar surface area (TPSA) is 20.3 Å². The van der Waals surface area contributed by atoms with Crippen molar-refractivity contribution in [3.05, 3.63) is 35.4 Å². The zero-order valence-electron chi connectivity index (χ0n) is 10.2. The van der Waals surface area contributed by atoms with Gasteiger partial charge in [0.05, 0.1) is 5.56 Å². The number of carbonyl (C=O) groups is 1. The van der Waals surface area contributed by atoms with Gasteiger partial charge in [-0.3, -0.25) is 0 Å². The normalized spacial score (nSPS) is 11.8. The van der Waals surface area contributed by atoms with Crippen LogP contribution in [0, 0.1) is 0 Å². The van der Waals surface area contributed by atoms with Crippen molar-refractivity contribution in [2.75, 3.05) is 20.1 Å². The first kappa shape index (κ1) is 14.7. The van der Waals surface area contributed by atoms with Crippen molar-refractivity contribution in [3.63, 3.8) is 0 Å². The van der Waals surface area contributed by atoms with Crippen LogP contribution in [-0.4, -0.2) is 31.3 Å². The molecule has 0 amide bonds. The molecular formula is C13H16F3NO. The molecule has 5 heteroatoms. The molecular weight excluding hydrogens is 243 g/mol. The van der Waals surface area contributed by atoms with E-state index in [4.69, 9.17) is 0 Å². The van der Waals surface area contributed by atoms with Crippen LogP contribution in [0.5, 0.6) is 0 Å². The Bertz CT molecular complexity index is 373. The molecule has 0 aliphatic rings. The van der Waals surface area contributed by atoms with E-state index >= 15 is 0 Å². The summed E-state index contributed by atoms with van der Waals surface area (Å²) >= 11 is 0. The second-order valence-corrected chi connectivity index (χ2v) is 4.20. The Hall–Kier alpha value is -1.36. The standard InChI is InChI=1S/C13H16F3NO/c1-17(8-2-10-18)9-7-11-3-5-12(6-4-11)13(14,15)16/h3-6,10H,2,7-9H2,1H3. The number of carbonyl (C=O) groups excluding carboxylic acids is 1. The van der Waals surface area contributed by atoms with Crippen LogP contribution >= 0.6 is 0 Å². The molecule has 0 aliphatic carbocycles. The first-order valence-corrected chi connectivity index (χ1v) is 5.72. The number of rotatable bonds is 6. The van der Waals surface area contributed by atoms with E-state index in [1.165, 1.54) is 12.1 Å². The number of halogens is 3. The number of alkyl halides is 3. The van der Waals surface area contributed by atoms with Gasteiger partial charge in [0, 0.05) is 19.5 Å². The fourth-order valence-corrected chi connectivity index (χ4v) is 1.57. The lowest BCUT2D eigenvalue weighted by Crippen LogP contribution is -2.22. The average Bonchev–Trinajstić information content (AvgIpc) is 2.33. The smallest absolute Gasteiger partial charge is 0.306 e. The van der Waals surface area contributed by atoms with Crippen molar-refractivity contribution in [3.8, 4) is 0 Å². The molecule has 1 aromatic carbocycles. The zero-order valence-corrected chi connectivity index (χ0v) is 10.2. The molecule has 0 spiro atoms. The Morgan fingerprint density at radius 3 is 2.28 bits per heavy atom. The summed E-state index contributed by atoms with van der Waals surface area (Å²) in [4.78, 5) is 12.2. The van der Waals surface area contributed by atoms with Crippen molar-refractivity contribution < 1.29 is 18.0 Å². The van der Waals surface area contributed by atoms with E-state index in [9.17, 15) is 18.0 Å². The van der Waals surface area contributed by atoms with Crippen LogP contribution in [-0.2, 0) is 17.4 Å². The van der Waals surface area contributed by atoms with Gasteiger partial charge in [0.1, 0.15) is 6.29 Å². The number of hydrogen-bond donors (Lipinski definition) is 0. The fraction of sp³-hybridized carbons (Fsp3) is 0.462. The molecule has 0 bridgehead atoms. The Morgan fingerprint density at radius 1 is 1.17 bits per heavy atom. The summed E-state index contributed by atoms with van der Waals surface area (Å²) < 4.78 is 37.0. The third kappa shape index (κ3) is 4.87. The van der Waals surface area contributed by atoms with Crippen molar-refractivity contribution in [1.29, 1.82) is 0 Å². The molecule has 2 nitrogen and oxygen atoms in total. The monoisotopic (exact) mass is 259 g/mol. The summed E-state index contributed by atoms with van der Waals surface area (Å²) in [6, 6.07) is 5.19. The summed E-state index contributed by atoms with van der Waals surface area (Å²) in [6.07, 6.45) is -2.27. The molecule has 0 unspecified atom stereocenters. The quantitative estimate of drug-likeness (QED) is 0.732. The van der Waals surface area contributed by atoms with Gasteiger partial charge < -0.3 is 9.69 Å². The molecule has 0 saturated heterocycles. The van der Waals surface area contributed by atoms with Gasteiger partial charge in [-0.25, -0.2) is 0 Å². The number of likely N-dealkylation sites (N-methyl/N-ethyl adjacent to an activating group) is 1. The Labute approximate surface area is 104 Å². The lowest BCUT2D eigenvalue weighted by Gasteiger charge is -2.15.